The van der Waals surface area contributed by atoms with Gasteiger partial charge in [-0.1, -0.05) is 6.08 Å². The molecule has 1 aliphatic rings. The van der Waals surface area contributed by atoms with Crippen molar-refractivity contribution in [1.29, 1.82) is 0 Å². The molecule has 0 spiro atoms. The zero-order valence-electron chi connectivity index (χ0n) is 9.18. The highest BCUT2D eigenvalue weighted by molar-refractivity contribution is 5.79. The van der Waals surface area contributed by atoms with E-state index in [1.54, 1.807) is 0 Å². The summed E-state index contributed by atoms with van der Waals surface area (Å²) in [5.41, 5.74) is 0. The van der Waals surface area contributed by atoms with Crippen LogP contribution in [0.15, 0.2) is 12.2 Å². The van der Waals surface area contributed by atoms with Gasteiger partial charge in [0, 0.05) is 6.08 Å². The monoisotopic (exact) mass is 214 g/mol. The lowest BCUT2D eigenvalue weighted by atomic mass is 10.0. The summed E-state index contributed by atoms with van der Waals surface area (Å²) in [5.74, 6) is -0.938. The second-order valence-corrected chi connectivity index (χ2v) is 3.92. The molecule has 4 heteroatoms. The second kappa shape index (κ2) is 5.88. The highest BCUT2D eigenvalue weighted by Gasteiger charge is 2.24. The molecule has 0 radical (unpaired) electrons. The van der Waals surface area contributed by atoms with Gasteiger partial charge in [-0.15, -0.1) is 0 Å². The third kappa shape index (κ3) is 4.95. The van der Waals surface area contributed by atoms with E-state index in [-0.39, 0.29) is 18.3 Å². The number of aliphatic carboxylic acids is 1. The van der Waals surface area contributed by atoms with Crippen molar-refractivity contribution < 1.29 is 19.4 Å². The van der Waals surface area contributed by atoms with Gasteiger partial charge < -0.3 is 14.6 Å². The Hall–Kier alpha value is -0.870. The van der Waals surface area contributed by atoms with Gasteiger partial charge in [0.2, 0.25) is 0 Å². The molecule has 1 heterocycles. The highest BCUT2D eigenvalue weighted by Crippen LogP contribution is 2.21. The van der Waals surface area contributed by atoms with Crippen molar-refractivity contribution in [2.24, 2.45) is 0 Å². The maximum atomic E-state index is 10.2. The number of carbonyl (C=O) groups is 1. The van der Waals surface area contributed by atoms with Crippen molar-refractivity contribution in [3.05, 3.63) is 12.2 Å². The van der Waals surface area contributed by atoms with E-state index in [0.29, 0.717) is 6.61 Å². The summed E-state index contributed by atoms with van der Waals surface area (Å²) in [6.45, 7) is 4.41. The van der Waals surface area contributed by atoms with Gasteiger partial charge in [0.1, 0.15) is 0 Å². The van der Waals surface area contributed by atoms with E-state index in [4.69, 9.17) is 14.6 Å². The Morgan fingerprint density at radius 3 is 2.60 bits per heavy atom. The molecule has 0 aromatic rings. The Morgan fingerprint density at radius 2 is 2.07 bits per heavy atom. The molecule has 1 rings (SSSR count). The predicted octanol–water partition coefficient (Wildman–Crippen LogP) is 1.60. The number of carboxylic acids is 1. The number of carboxylic acid groups (broad SMARTS) is 1. The van der Waals surface area contributed by atoms with Crippen LogP contribution in [0.5, 0.6) is 0 Å². The molecule has 0 aromatic carbocycles. The topological polar surface area (TPSA) is 55.8 Å². The summed E-state index contributed by atoms with van der Waals surface area (Å²) < 4.78 is 11.1. The van der Waals surface area contributed by atoms with Crippen LogP contribution in [0, 0.1) is 0 Å². The van der Waals surface area contributed by atoms with Crippen molar-refractivity contribution in [1.82, 2.24) is 0 Å². The van der Waals surface area contributed by atoms with Gasteiger partial charge in [0.25, 0.3) is 0 Å². The molecule has 0 aliphatic carbocycles. The van der Waals surface area contributed by atoms with E-state index >= 15 is 0 Å². The maximum Gasteiger partial charge on any atom is 0.328 e. The molecule has 15 heavy (non-hydrogen) atoms. The fraction of sp³-hybridized carbons (Fsp3) is 0.727. The molecule has 0 amide bonds. The van der Waals surface area contributed by atoms with E-state index in [1.807, 2.05) is 13.8 Å². The molecular formula is C11H18O4. The molecule has 2 atom stereocenters. The number of hydrogen-bond acceptors (Lipinski definition) is 3. The second-order valence-electron chi connectivity index (χ2n) is 3.92. The molecule has 0 saturated carbocycles. The van der Waals surface area contributed by atoms with Crippen LogP contribution in [-0.2, 0) is 14.3 Å². The lowest BCUT2D eigenvalue weighted by molar-refractivity contribution is -0.131. The molecule has 86 valence electrons. The van der Waals surface area contributed by atoms with E-state index < -0.39 is 5.97 Å². The molecule has 1 saturated heterocycles. The van der Waals surface area contributed by atoms with Crippen LogP contribution in [0.25, 0.3) is 0 Å². The lowest BCUT2D eigenvalue weighted by Gasteiger charge is -2.31. The molecule has 1 N–H and O–H groups in total. The zero-order valence-corrected chi connectivity index (χ0v) is 9.18. The van der Waals surface area contributed by atoms with Crippen LogP contribution >= 0.6 is 0 Å². The van der Waals surface area contributed by atoms with E-state index in [2.05, 4.69) is 0 Å². The Morgan fingerprint density at radius 1 is 1.47 bits per heavy atom. The fourth-order valence-electron chi connectivity index (χ4n) is 1.82. The average molecular weight is 214 g/mol. The van der Waals surface area contributed by atoms with Gasteiger partial charge in [-0.25, -0.2) is 4.79 Å². The summed E-state index contributed by atoms with van der Waals surface area (Å²) in [5, 5.41) is 8.37. The van der Waals surface area contributed by atoms with Crippen molar-refractivity contribution in [3.63, 3.8) is 0 Å². The first kappa shape index (κ1) is 12.2. The van der Waals surface area contributed by atoms with E-state index in [1.165, 1.54) is 6.08 Å². The highest BCUT2D eigenvalue weighted by atomic mass is 16.5. The maximum absolute atomic E-state index is 10.2. The molecule has 0 bridgehead atoms. The predicted molar refractivity (Wildman–Crippen MR) is 55.8 cm³/mol. The van der Waals surface area contributed by atoms with E-state index in [9.17, 15) is 4.79 Å². The quantitative estimate of drug-likeness (QED) is 0.722. The summed E-state index contributed by atoms with van der Waals surface area (Å²) in [7, 11) is 0. The zero-order chi connectivity index (χ0) is 11.3. The van der Waals surface area contributed by atoms with Gasteiger partial charge in [0.05, 0.1) is 24.9 Å². The molecule has 4 nitrogen and oxygen atoms in total. The van der Waals surface area contributed by atoms with Crippen LogP contribution in [0.2, 0.25) is 0 Å². The lowest BCUT2D eigenvalue weighted by Crippen LogP contribution is -2.34. The molecular weight excluding hydrogens is 196 g/mol. The van der Waals surface area contributed by atoms with Crippen molar-refractivity contribution >= 4 is 5.97 Å². The number of ether oxygens (including phenoxy) is 2. The minimum absolute atomic E-state index is 0.183. The van der Waals surface area contributed by atoms with Gasteiger partial charge in [0.15, 0.2) is 0 Å². The van der Waals surface area contributed by atoms with Crippen LogP contribution in [0.1, 0.15) is 26.7 Å². The summed E-state index contributed by atoms with van der Waals surface area (Å²) in [6, 6.07) is 0. The Balaban J connectivity index is 2.23. The normalized spacial score (nSPS) is 32.0. The third-order valence-electron chi connectivity index (χ3n) is 2.34. The summed E-state index contributed by atoms with van der Waals surface area (Å²) in [4.78, 5) is 10.2. The minimum Gasteiger partial charge on any atom is -0.478 e. The van der Waals surface area contributed by atoms with Gasteiger partial charge >= 0.3 is 5.97 Å². The average Bonchev–Trinajstić information content (AvgIpc) is 2.10. The Bertz CT molecular complexity index is 227. The van der Waals surface area contributed by atoms with Crippen molar-refractivity contribution in [2.45, 2.75) is 45.0 Å². The van der Waals surface area contributed by atoms with Crippen LogP contribution in [0.3, 0.4) is 0 Å². The first-order valence-electron chi connectivity index (χ1n) is 5.24. The molecule has 2 unspecified atom stereocenters. The minimum atomic E-state index is -0.938. The number of rotatable bonds is 4. The van der Waals surface area contributed by atoms with E-state index in [0.717, 1.165) is 18.9 Å². The smallest absolute Gasteiger partial charge is 0.328 e. The third-order valence-corrected chi connectivity index (χ3v) is 2.34. The first-order chi connectivity index (χ1) is 7.08. The van der Waals surface area contributed by atoms with Crippen molar-refractivity contribution in [2.75, 3.05) is 6.61 Å². The Kier molecular flexibility index (Phi) is 4.78. The fourth-order valence-corrected chi connectivity index (χ4v) is 1.82. The summed E-state index contributed by atoms with van der Waals surface area (Å²) in [6.07, 6.45) is 5.02. The van der Waals surface area contributed by atoms with Gasteiger partial charge in [-0.05, 0) is 26.7 Å². The van der Waals surface area contributed by atoms with Crippen LogP contribution in [-0.4, -0.2) is 36.0 Å². The molecule has 1 aliphatic heterocycles. The standard InChI is InChI=1S/C11H18O4/c1-8-6-10(7-9(2)15-8)14-5-3-4-11(12)13/h3-4,8-10H,5-7H2,1-2H3,(H,12,13)/b4-3+. The van der Waals surface area contributed by atoms with Crippen LogP contribution in [0.4, 0.5) is 0 Å². The van der Waals surface area contributed by atoms with Gasteiger partial charge in [-0.2, -0.15) is 0 Å². The molecule has 0 aromatic heterocycles. The van der Waals surface area contributed by atoms with Gasteiger partial charge in [-0.3, -0.25) is 0 Å². The first-order valence-corrected chi connectivity index (χ1v) is 5.24. The Labute approximate surface area is 89.9 Å². The molecule has 1 fully saturated rings. The SMILES string of the molecule is CC1CC(OC/C=C/C(=O)O)CC(C)O1. The number of hydrogen-bond donors (Lipinski definition) is 1. The van der Waals surface area contributed by atoms with Crippen molar-refractivity contribution in [3.8, 4) is 0 Å². The summed E-state index contributed by atoms with van der Waals surface area (Å²) >= 11 is 0. The largest absolute Gasteiger partial charge is 0.478 e. The van der Waals surface area contributed by atoms with Crippen LogP contribution < -0.4 is 0 Å².